The first-order valence-electron chi connectivity index (χ1n) is 7.59. The van der Waals surface area contributed by atoms with Crippen molar-refractivity contribution in [1.82, 2.24) is 0 Å². The van der Waals surface area contributed by atoms with Gasteiger partial charge in [-0.1, -0.05) is 61.9 Å². The van der Waals surface area contributed by atoms with Crippen LogP contribution in [0.25, 0.3) is 10.8 Å². The van der Waals surface area contributed by atoms with Gasteiger partial charge in [0.05, 0.1) is 0 Å². The Balaban J connectivity index is 0.00000128. The molecule has 2 nitrogen and oxygen atoms in total. The number of fused-ring (bicyclic) bond motifs is 1. The van der Waals surface area contributed by atoms with Crippen LogP contribution in [0, 0.1) is 6.92 Å². The molecule has 0 aromatic heterocycles. The number of carbonyl (C=O) groups excluding carboxylic acids is 1. The maximum atomic E-state index is 12.1. The second kappa shape index (κ2) is 9.59. The van der Waals surface area contributed by atoms with Gasteiger partial charge in [0, 0.05) is 45.4 Å². The van der Waals surface area contributed by atoms with Gasteiger partial charge in [0.2, 0.25) is 0 Å². The van der Waals surface area contributed by atoms with Gasteiger partial charge in [0.25, 0.3) is 5.91 Å². The molecule has 0 spiro atoms. The summed E-state index contributed by atoms with van der Waals surface area (Å²) in [6.07, 6.45) is 0. The predicted molar refractivity (Wildman–Crippen MR) is 96.5 cm³/mol. The molecule has 0 unspecified atom stereocenters. The van der Waals surface area contributed by atoms with Crippen LogP contribution in [0.1, 0.15) is 31.2 Å². The van der Waals surface area contributed by atoms with Crippen molar-refractivity contribution in [2.75, 3.05) is 5.32 Å². The molecule has 0 saturated heterocycles. The van der Waals surface area contributed by atoms with Crippen LogP contribution < -0.4 is 5.32 Å². The summed E-state index contributed by atoms with van der Waals surface area (Å²) in [6, 6.07) is 21.5. The Hall–Kier alpha value is -1.51. The summed E-state index contributed by atoms with van der Waals surface area (Å²) in [6.45, 7) is 6.07. The summed E-state index contributed by atoms with van der Waals surface area (Å²) in [5.74, 6) is -0.0861. The second-order valence-corrected chi connectivity index (χ2v) is 4.89. The molecule has 3 aromatic carbocycles. The molecule has 0 saturated carbocycles. The van der Waals surface area contributed by atoms with Crippen LogP contribution in [0.15, 0.2) is 66.7 Å². The maximum Gasteiger partial charge on any atom is 0.255 e. The molecule has 3 rings (SSSR count). The topological polar surface area (TPSA) is 29.1 Å². The summed E-state index contributed by atoms with van der Waals surface area (Å²) in [7, 11) is 0. The Morgan fingerprint density at radius 3 is 2.17 bits per heavy atom. The van der Waals surface area contributed by atoms with Crippen molar-refractivity contribution >= 4 is 22.4 Å². The van der Waals surface area contributed by atoms with Gasteiger partial charge in [-0.25, -0.2) is 0 Å². The van der Waals surface area contributed by atoms with E-state index in [9.17, 15) is 4.79 Å². The van der Waals surface area contributed by atoms with Gasteiger partial charge in [-0.3, -0.25) is 4.79 Å². The van der Waals surface area contributed by atoms with E-state index in [1.54, 1.807) is 12.1 Å². The quantitative estimate of drug-likeness (QED) is 0.608. The fourth-order valence-electron chi connectivity index (χ4n) is 2.24. The number of amides is 1. The minimum absolute atomic E-state index is 0. The molecule has 0 aliphatic rings. The van der Waals surface area contributed by atoms with Crippen molar-refractivity contribution in [2.24, 2.45) is 0 Å². The van der Waals surface area contributed by atoms with Gasteiger partial charge in [-0.05, 0) is 42.0 Å². The first-order valence-corrected chi connectivity index (χ1v) is 7.59. The van der Waals surface area contributed by atoms with Crippen molar-refractivity contribution in [3.63, 3.8) is 0 Å². The summed E-state index contributed by atoms with van der Waals surface area (Å²) >= 11 is 0. The van der Waals surface area contributed by atoms with E-state index in [1.807, 2.05) is 50.2 Å². The molecule has 0 bridgehead atoms. The van der Waals surface area contributed by atoms with Crippen LogP contribution in [-0.2, 0) is 32.7 Å². The number of hydrogen-bond acceptors (Lipinski definition) is 1. The Morgan fingerprint density at radius 2 is 1.48 bits per heavy atom. The molecule has 23 heavy (non-hydrogen) atoms. The third-order valence-corrected chi connectivity index (χ3v) is 3.29. The van der Waals surface area contributed by atoms with E-state index < -0.39 is 0 Å². The minimum Gasteiger partial charge on any atom is -0.322 e. The van der Waals surface area contributed by atoms with Gasteiger partial charge in [-0.15, -0.1) is 0 Å². The zero-order valence-electron chi connectivity index (χ0n) is 13.8. The Bertz CT molecular complexity index is 775. The van der Waals surface area contributed by atoms with Gasteiger partial charge in [0.1, 0.15) is 0 Å². The largest absolute Gasteiger partial charge is 0.322 e. The van der Waals surface area contributed by atoms with Gasteiger partial charge in [0.15, 0.2) is 0 Å². The second-order valence-electron chi connectivity index (χ2n) is 4.89. The van der Waals surface area contributed by atoms with Crippen molar-refractivity contribution in [3.05, 3.63) is 77.9 Å². The SMILES string of the molecule is CC.Cc1ccc2cc(NC(=O)c3ccccc3)ccc2c1.[HH].[Y]. The first-order chi connectivity index (χ1) is 10.7. The van der Waals surface area contributed by atoms with E-state index in [1.165, 1.54) is 10.9 Å². The molecule has 3 heteroatoms. The molecule has 117 valence electrons. The zero-order valence-corrected chi connectivity index (χ0v) is 16.7. The summed E-state index contributed by atoms with van der Waals surface area (Å²) in [5, 5.41) is 5.24. The molecule has 0 aliphatic carbocycles. The Labute approximate surface area is 164 Å². The Morgan fingerprint density at radius 1 is 0.870 bits per heavy atom. The zero-order chi connectivity index (χ0) is 15.9. The molecule has 1 radical (unpaired) electrons. The van der Waals surface area contributed by atoms with E-state index in [2.05, 4.69) is 30.4 Å². The number of benzene rings is 3. The summed E-state index contributed by atoms with van der Waals surface area (Å²) in [4.78, 5) is 12.1. The molecule has 0 fully saturated rings. The molecule has 3 aromatic rings. The van der Waals surface area contributed by atoms with E-state index in [0.717, 1.165) is 11.1 Å². The number of anilines is 1. The normalized spacial score (nSPS) is 9.35. The van der Waals surface area contributed by atoms with E-state index in [0.29, 0.717) is 5.56 Å². The van der Waals surface area contributed by atoms with Gasteiger partial charge in [-0.2, -0.15) is 0 Å². The fraction of sp³-hybridized carbons (Fsp3) is 0.150. The number of hydrogen-bond donors (Lipinski definition) is 1. The van der Waals surface area contributed by atoms with E-state index in [-0.39, 0.29) is 40.0 Å². The molecule has 0 atom stereocenters. The van der Waals surface area contributed by atoms with E-state index in [4.69, 9.17) is 0 Å². The third kappa shape index (κ3) is 5.26. The van der Waals surface area contributed by atoms with Crippen LogP contribution in [0.4, 0.5) is 5.69 Å². The molecule has 0 aliphatic heterocycles. The number of carbonyl (C=O) groups is 1. The number of rotatable bonds is 2. The van der Waals surface area contributed by atoms with Crippen molar-refractivity contribution in [3.8, 4) is 0 Å². The van der Waals surface area contributed by atoms with Crippen LogP contribution in [0.2, 0.25) is 0 Å². The maximum absolute atomic E-state index is 12.1. The third-order valence-electron chi connectivity index (χ3n) is 3.29. The summed E-state index contributed by atoms with van der Waals surface area (Å²) < 4.78 is 0. The van der Waals surface area contributed by atoms with Crippen LogP contribution in [0.3, 0.4) is 0 Å². The molecular weight excluding hydrogens is 359 g/mol. The van der Waals surface area contributed by atoms with Crippen LogP contribution in [-0.4, -0.2) is 5.91 Å². The minimum atomic E-state index is -0.0861. The first kappa shape index (κ1) is 19.5. The predicted octanol–water partition coefficient (Wildman–Crippen LogP) is 5.67. The standard InChI is InChI=1S/C18H15NO.C2H6.Y.H2/c1-13-7-8-16-12-17(10-9-15(16)11-13)19-18(20)14-5-3-2-4-6-14;1-2;;/h2-12H,1H3,(H,19,20);1-2H3;;1H. The molecule has 0 heterocycles. The Kier molecular flexibility index (Phi) is 8.15. The smallest absolute Gasteiger partial charge is 0.255 e. The number of aryl methyl sites for hydroxylation is 1. The molecule has 1 amide bonds. The molecular formula is C20H23NOY. The van der Waals surface area contributed by atoms with Crippen LogP contribution >= 0.6 is 0 Å². The van der Waals surface area contributed by atoms with Crippen molar-refractivity contribution in [2.45, 2.75) is 20.8 Å². The number of nitrogens with one attached hydrogen (secondary N) is 1. The van der Waals surface area contributed by atoms with Crippen molar-refractivity contribution in [1.29, 1.82) is 0 Å². The van der Waals surface area contributed by atoms with Crippen LogP contribution in [0.5, 0.6) is 0 Å². The average molecular weight is 382 g/mol. The van der Waals surface area contributed by atoms with E-state index >= 15 is 0 Å². The molecule has 1 N–H and O–H groups in total. The fourth-order valence-corrected chi connectivity index (χ4v) is 2.24. The monoisotopic (exact) mass is 382 g/mol. The van der Waals surface area contributed by atoms with Crippen molar-refractivity contribution < 1.29 is 38.9 Å². The van der Waals surface area contributed by atoms with Gasteiger partial charge < -0.3 is 5.32 Å². The van der Waals surface area contributed by atoms with Gasteiger partial charge >= 0.3 is 0 Å². The summed E-state index contributed by atoms with van der Waals surface area (Å²) in [5.41, 5.74) is 2.71. The average Bonchev–Trinajstić information content (AvgIpc) is 2.57.